The molecule has 1 heterocycles. The number of carbonyl (C=O) groups is 1. The lowest BCUT2D eigenvalue weighted by Gasteiger charge is -2.06. The highest BCUT2D eigenvalue weighted by Gasteiger charge is 2.13. The summed E-state index contributed by atoms with van der Waals surface area (Å²) in [4.78, 5) is 11.9. The van der Waals surface area contributed by atoms with E-state index in [9.17, 15) is 4.79 Å². The Labute approximate surface area is 116 Å². The van der Waals surface area contributed by atoms with Crippen LogP contribution in [-0.4, -0.2) is 22.8 Å². The number of amides is 1. The maximum atomic E-state index is 11.9. The van der Waals surface area contributed by atoms with Crippen molar-refractivity contribution in [3.05, 3.63) is 52.9 Å². The van der Waals surface area contributed by atoms with E-state index in [0.29, 0.717) is 12.1 Å². The Balaban J connectivity index is 2.08. The number of rotatable bonds is 3. The summed E-state index contributed by atoms with van der Waals surface area (Å²) in [7, 11) is 0. The minimum Gasteiger partial charge on any atom is -0.384 e. The molecule has 0 fully saturated rings. The fourth-order valence-electron chi connectivity index (χ4n) is 1.70. The Hall–Kier alpha value is -2.58. The van der Waals surface area contributed by atoms with Gasteiger partial charge in [-0.3, -0.25) is 4.79 Å². The zero-order valence-corrected chi connectivity index (χ0v) is 11.0. The van der Waals surface area contributed by atoms with E-state index in [-0.39, 0.29) is 18.3 Å². The lowest BCUT2D eigenvalue weighted by atomic mass is 10.1. The van der Waals surface area contributed by atoms with Gasteiger partial charge in [0.25, 0.3) is 5.91 Å². The third-order valence-corrected chi connectivity index (χ3v) is 2.71. The molecular weight excluding hydrogens is 256 g/mol. The number of hydrogen-bond acceptors (Lipinski definition) is 4. The predicted octanol–water partition coefficient (Wildman–Crippen LogP) is 1.26. The summed E-state index contributed by atoms with van der Waals surface area (Å²) in [6, 6.07) is 7.43. The average Bonchev–Trinajstić information content (AvgIpc) is 2.89. The molecule has 1 aromatic heterocycles. The summed E-state index contributed by atoms with van der Waals surface area (Å²) in [6.45, 7) is 1.89. The number of aryl methyl sites for hydroxylation is 1. The van der Waals surface area contributed by atoms with Gasteiger partial charge in [0.1, 0.15) is 6.61 Å². The van der Waals surface area contributed by atoms with Crippen molar-refractivity contribution in [1.29, 1.82) is 0 Å². The van der Waals surface area contributed by atoms with Crippen molar-refractivity contribution in [3.63, 3.8) is 0 Å². The van der Waals surface area contributed by atoms with Crippen LogP contribution in [-0.2, 0) is 6.54 Å². The third kappa shape index (κ3) is 3.25. The van der Waals surface area contributed by atoms with Crippen LogP contribution in [0.25, 0.3) is 0 Å². The lowest BCUT2D eigenvalue weighted by molar-refractivity contribution is 0.0913. The van der Waals surface area contributed by atoms with Gasteiger partial charge >= 0.3 is 0 Å². The van der Waals surface area contributed by atoms with Crippen molar-refractivity contribution in [2.45, 2.75) is 13.5 Å². The summed E-state index contributed by atoms with van der Waals surface area (Å²) in [5.41, 5.74) is 2.34. The Bertz CT molecular complexity index is 665. The molecule has 2 rings (SSSR count). The molecule has 1 amide bonds. The molecule has 0 aliphatic carbocycles. The molecule has 0 bridgehead atoms. The van der Waals surface area contributed by atoms with Crippen molar-refractivity contribution in [2.75, 3.05) is 6.61 Å². The molecular formula is C15H14N2O3. The van der Waals surface area contributed by atoms with Crippen molar-refractivity contribution >= 4 is 5.91 Å². The van der Waals surface area contributed by atoms with Crippen LogP contribution in [0.4, 0.5) is 0 Å². The number of aliphatic hydroxyl groups excluding tert-OH is 1. The highest BCUT2D eigenvalue weighted by atomic mass is 16.5. The molecule has 0 unspecified atom stereocenters. The van der Waals surface area contributed by atoms with Crippen LogP contribution >= 0.6 is 0 Å². The van der Waals surface area contributed by atoms with Crippen molar-refractivity contribution in [2.24, 2.45) is 0 Å². The minimum atomic E-state index is -0.315. The number of nitrogens with one attached hydrogen (secondary N) is 1. The number of hydrogen-bond donors (Lipinski definition) is 2. The third-order valence-electron chi connectivity index (χ3n) is 2.71. The molecule has 0 atom stereocenters. The monoisotopic (exact) mass is 270 g/mol. The van der Waals surface area contributed by atoms with E-state index in [0.717, 1.165) is 11.1 Å². The maximum Gasteiger partial charge on any atom is 0.290 e. The number of aliphatic hydroxyl groups is 1. The van der Waals surface area contributed by atoms with E-state index in [4.69, 9.17) is 9.63 Å². The van der Waals surface area contributed by atoms with Gasteiger partial charge in [0, 0.05) is 17.7 Å². The van der Waals surface area contributed by atoms with Gasteiger partial charge in [0.15, 0.2) is 0 Å². The number of carbonyl (C=O) groups excluding carboxylic acids is 1. The first-order valence-electron chi connectivity index (χ1n) is 6.09. The molecule has 2 aromatic rings. The molecule has 5 nitrogen and oxygen atoms in total. The molecule has 5 heteroatoms. The van der Waals surface area contributed by atoms with Crippen LogP contribution in [0.1, 0.15) is 27.2 Å². The standard InChI is InChI=1S/C15H14N2O3/c1-11-9-17-20-14(11)15(19)16-10-13-6-3-2-5-12(13)7-4-8-18/h2-3,5-6,9,18H,8,10H2,1H3,(H,16,19). The van der Waals surface area contributed by atoms with Crippen LogP contribution in [0.2, 0.25) is 0 Å². The fourth-order valence-corrected chi connectivity index (χ4v) is 1.70. The Kier molecular flexibility index (Phi) is 4.53. The van der Waals surface area contributed by atoms with Crippen molar-refractivity contribution in [1.82, 2.24) is 10.5 Å². The van der Waals surface area contributed by atoms with E-state index >= 15 is 0 Å². The summed E-state index contributed by atoms with van der Waals surface area (Å²) >= 11 is 0. The van der Waals surface area contributed by atoms with Gasteiger partial charge in [-0.25, -0.2) is 0 Å². The van der Waals surface area contributed by atoms with Crippen LogP contribution in [0.15, 0.2) is 35.0 Å². The molecule has 0 aliphatic heterocycles. The van der Waals surface area contributed by atoms with E-state index in [1.165, 1.54) is 6.20 Å². The zero-order valence-electron chi connectivity index (χ0n) is 11.0. The number of benzene rings is 1. The molecule has 102 valence electrons. The van der Waals surface area contributed by atoms with Gasteiger partial charge in [0.05, 0.1) is 6.20 Å². The van der Waals surface area contributed by atoms with Crippen LogP contribution in [0.5, 0.6) is 0 Å². The molecule has 0 spiro atoms. The average molecular weight is 270 g/mol. The fraction of sp³-hybridized carbons (Fsp3) is 0.200. The molecule has 0 saturated carbocycles. The summed E-state index contributed by atoms with van der Waals surface area (Å²) in [6.07, 6.45) is 1.50. The Morgan fingerprint density at radius 2 is 2.25 bits per heavy atom. The van der Waals surface area contributed by atoms with Gasteiger partial charge in [0.2, 0.25) is 5.76 Å². The zero-order chi connectivity index (χ0) is 14.4. The predicted molar refractivity (Wildman–Crippen MR) is 72.8 cm³/mol. The highest BCUT2D eigenvalue weighted by Crippen LogP contribution is 2.09. The van der Waals surface area contributed by atoms with Crippen LogP contribution < -0.4 is 5.32 Å². The number of nitrogens with zero attached hydrogens (tertiary/aromatic N) is 1. The first-order valence-corrected chi connectivity index (χ1v) is 6.09. The molecule has 1 aromatic carbocycles. The molecule has 2 N–H and O–H groups in total. The Morgan fingerprint density at radius 1 is 1.45 bits per heavy atom. The smallest absolute Gasteiger partial charge is 0.290 e. The molecule has 0 radical (unpaired) electrons. The maximum absolute atomic E-state index is 11.9. The van der Waals surface area contributed by atoms with E-state index < -0.39 is 0 Å². The lowest BCUT2D eigenvalue weighted by Crippen LogP contribution is -2.23. The van der Waals surface area contributed by atoms with E-state index in [1.807, 2.05) is 24.3 Å². The second kappa shape index (κ2) is 6.55. The number of aromatic nitrogens is 1. The van der Waals surface area contributed by atoms with Crippen LogP contribution in [0.3, 0.4) is 0 Å². The van der Waals surface area contributed by atoms with Gasteiger partial charge < -0.3 is 14.9 Å². The molecule has 0 aliphatic rings. The highest BCUT2D eigenvalue weighted by molar-refractivity contribution is 5.92. The molecule has 0 saturated heterocycles. The minimum absolute atomic E-state index is 0.196. The van der Waals surface area contributed by atoms with Gasteiger partial charge in [-0.15, -0.1) is 0 Å². The van der Waals surface area contributed by atoms with Crippen LogP contribution in [0, 0.1) is 18.8 Å². The summed E-state index contributed by atoms with van der Waals surface area (Å²) in [5, 5.41) is 15.1. The summed E-state index contributed by atoms with van der Waals surface area (Å²) < 4.78 is 4.89. The second-order valence-corrected chi connectivity index (χ2v) is 4.14. The van der Waals surface area contributed by atoms with Gasteiger partial charge in [-0.05, 0) is 18.6 Å². The van der Waals surface area contributed by atoms with Gasteiger partial charge in [-0.2, -0.15) is 0 Å². The molecule has 20 heavy (non-hydrogen) atoms. The topological polar surface area (TPSA) is 75.4 Å². The first kappa shape index (κ1) is 13.8. The SMILES string of the molecule is Cc1cnoc1C(=O)NCc1ccccc1C#CCO. The van der Waals surface area contributed by atoms with Crippen molar-refractivity contribution in [3.8, 4) is 11.8 Å². The normalized spacial score (nSPS) is 9.70. The Morgan fingerprint density at radius 3 is 2.95 bits per heavy atom. The quantitative estimate of drug-likeness (QED) is 0.823. The van der Waals surface area contributed by atoms with Crippen molar-refractivity contribution < 1.29 is 14.4 Å². The van der Waals surface area contributed by atoms with Gasteiger partial charge in [-0.1, -0.05) is 35.2 Å². The van der Waals surface area contributed by atoms with E-state index in [2.05, 4.69) is 22.3 Å². The largest absolute Gasteiger partial charge is 0.384 e. The van der Waals surface area contributed by atoms with E-state index in [1.54, 1.807) is 6.92 Å². The second-order valence-electron chi connectivity index (χ2n) is 4.14. The summed E-state index contributed by atoms with van der Waals surface area (Å²) in [5.74, 6) is 5.34. The first-order chi connectivity index (χ1) is 9.72.